The van der Waals surface area contributed by atoms with Crippen LogP contribution in [0.1, 0.15) is 19.8 Å². The van der Waals surface area contributed by atoms with E-state index in [0.717, 1.165) is 50.7 Å². The Hall–Kier alpha value is 0.360. The number of morpholine rings is 1. The van der Waals surface area contributed by atoms with Crippen molar-refractivity contribution in [2.75, 3.05) is 44.7 Å². The van der Waals surface area contributed by atoms with Crippen LogP contribution >= 0.6 is 15.9 Å². The number of ether oxygens (including phenoxy) is 1. The summed E-state index contributed by atoms with van der Waals surface area (Å²) in [5, 5.41) is 1.08. The second-order valence-electron chi connectivity index (χ2n) is 4.80. The highest BCUT2D eigenvalue weighted by Crippen LogP contribution is 2.27. The Bertz CT molecular complexity index is 211. The van der Waals surface area contributed by atoms with Gasteiger partial charge in [-0.15, -0.1) is 0 Å². The van der Waals surface area contributed by atoms with Gasteiger partial charge in [-0.1, -0.05) is 22.9 Å². The van der Waals surface area contributed by atoms with Crippen molar-refractivity contribution in [1.82, 2.24) is 9.80 Å². The van der Waals surface area contributed by atoms with Gasteiger partial charge in [0.1, 0.15) is 0 Å². The normalized spacial score (nSPS) is 27.6. The Kier molecular flexibility index (Phi) is 5.07. The maximum atomic E-state index is 5.87. The first kappa shape index (κ1) is 12.8. The first-order valence-electron chi connectivity index (χ1n) is 6.47. The first-order valence-corrected chi connectivity index (χ1v) is 7.59. The minimum atomic E-state index is 0.424. The second kappa shape index (κ2) is 6.34. The molecule has 1 heterocycles. The number of rotatable bonds is 6. The Balaban J connectivity index is 1.77. The third kappa shape index (κ3) is 3.69. The molecule has 0 amide bonds. The van der Waals surface area contributed by atoms with Gasteiger partial charge in [0, 0.05) is 37.6 Å². The van der Waals surface area contributed by atoms with E-state index in [2.05, 4.69) is 32.7 Å². The van der Waals surface area contributed by atoms with Crippen LogP contribution in [0.15, 0.2) is 0 Å². The number of hydrogen-bond acceptors (Lipinski definition) is 3. The molecule has 4 heteroatoms. The zero-order valence-corrected chi connectivity index (χ0v) is 11.8. The zero-order chi connectivity index (χ0) is 11.4. The number of nitrogens with zero attached hydrogens (tertiary/aromatic N) is 2. The molecule has 1 saturated heterocycles. The highest BCUT2D eigenvalue weighted by atomic mass is 79.9. The molecule has 2 fully saturated rings. The number of alkyl halides is 1. The summed E-state index contributed by atoms with van der Waals surface area (Å²) < 4.78 is 5.87. The van der Waals surface area contributed by atoms with E-state index in [4.69, 9.17) is 4.74 Å². The zero-order valence-electron chi connectivity index (χ0n) is 10.2. The SMILES string of the molecule is CCN1CCOC(CN(CCBr)C2CC2)C1. The molecule has 1 unspecified atom stereocenters. The van der Waals surface area contributed by atoms with Crippen LogP contribution < -0.4 is 0 Å². The third-order valence-electron chi connectivity index (χ3n) is 3.54. The molecule has 1 aliphatic heterocycles. The summed E-state index contributed by atoms with van der Waals surface area (Å²) in [6.07, 6.45) is 3.20. The monoisotopic (exact) mass is 290 g/mol. The summed E-state index contributed by atoms with van der Waals surface area (Å²) in [5.41, 5.74) is 0. The number of halogens is 1. The standard InChI is InChI=1S/C12H23BrN2O/c1-2-14-7-8-16-12(9-14)10-15(6-5-13)11-3-4-11/h11-12H,2-10H2,1H3. The van der Waals surface area contributed by atoms with Gasteiger partial charge in [0.15, 0.2) is 0 Å². The van der Waals surface area contributed by atoms with E-state index in [1.807, 2.05) is 0 Å². The minimum absolute atomic E-state index is 0.424. The molecule has 0 bridgehead atoms. The molecular formula is C12H23BrN2O. The first-order chi connectivity index (χ1) is 7.83. The smallest absolute Gasteiger partial charge is 0.0829 e. The molecule has 0 aromatic heterocycles. The van der Waals surface area contributed by atoms with E-state index in [1.54, 1.807) is 0 Å². The molecule has 0 aromatic rings. The summed E-state index contributed by atoms with van der Waals surface area (Å²) in [7, 11) is 0. The summed E-state index contributed by atoms with van der Waals surface area (Å²) in [6.45, 7) is 8.80. The fraction of sp³-hybridized carbons (Fsp3) is 1.00. The van der Waals surface area contributed by atoms with Crippen molar-refractivity contribution in [2.45, 2.75) is 31.9 Å². The van der Waals surface area contributed by atoms with Crippen molar-refractivity contribution in [3.8, 4) is 0 Å². The Morgan fingerprint density at radius 2 is 2.25 bits per heavy atom. The van der Waals surface area contributed by atoms with Crippen LogP contribution in [0, 0.1) is 0 Å². The minimum Gasteiger partial charge on any atom is -0.374 e. The van der Waals surface area contributed by atoms with Crippen molar-refractivity contribution in [1.29, 1.82) is 0 Å². The van der Waals surface area contributed by atoms with Gasteiger partial charge >= 0.3 is 0 Å². The lowest BCUT2D eigenvalue weighted by Crippen LogP contribution is -2.48. The fourth-order valence-electron chi connectivity index (χ4n) is 2.41. The molecule has 0 radical (unpaired) electrons. The van der Waals surface area contributed by atoms with Crippen LogP contribution in [0.3, 0.4) is 0 Å². The maximum absolute atomic E-state index is 5.87. The van der Waals surface area contributed by atoms with E-state index in [9.17, 15) is 0 Å². The van der Waals surface area contributed by atoms with Crippen molar-refractivity contribution in [3.05, 3.63) is 0 Å². The molecule has 2 rings (SSSR count). The Morgan fingerprint density at radius 1 is 1.44 bits per heavy atom. The summed E-state index contributed by atoms with van der Waals surface area (Å²) in [5.74, 6) is 0. The van der Waals surface area contributed by atoms with E-state index in [-0.39, 0.29) is 0 Å². The van der Waals surface area contributed by atoms with E-state index < -0.39 is 0 Å². The number of likely N-dealkylation sites (N-methyl/N-ethyl adjacent to an activating group) is 1. The van der Waals surface area contributed by atoms with Crippen LogP contribution in [0.5, 0.6) is 0 Å². The van der Waals surface area contributed by atoms with Gasteiger partial charge in [-0.2, -0.15) is 0 Å². The molecule has 0 N–H and O–H groups in total. The van der Waals surface area contributed by atoms with Crippen LogP contribution in [0.4, 0.5) is 0 Å². The lowest BCUT2D eigenvalue weighted by Gasteiger charge is -2.35. The molecule has 94 valence electrons. The summed E-state index contributed by atoms with van der Waals surface area (Å²) in [4.78, 5) is 5.09. The van der Waals surface area contributed by atoms with Crippen molar-refractivity contribution in [3.63, 3.8) is 0 Å². The Labute approximate surface area is 107 Å². The molecule has 0 aromatic carbocycles. The van der Waals surface area contributed by atoms with Crippen LogP contribution in [-0.2, 0) is 4.74 Å². The molecule has 1 atom stereocenters. The van der Waals surface area contributed by atoms with Crippen LogP contribution in [0.2, 0.25) is 0 Å². The van der Waals surface area contributed by atoms with Gasteiger partial charge in [-0.05, 0) is 19.4 Å². The predicted molar refractivity (Wildman–Crippen MR) is 70.2 cm³/mol. The fourth-order valence-corrected chi connectivity index (χ4v) is 2.87. The lowest BCUT2D eigenvalue weighted by atomic mass is 10.2. The number of hydrogen-bond donors (Lipinski definition) is 0. The van der Waals surface area contributed by atoms with E-state index in [1.165, 1.54) is 12.8 Å². The second-order valence-corrected chi connectivity index (χ2v) is 5.59. The van der Waals surface area contributed by atoms with Crippen LogP contribution in [0.25, 0.3) is 0 Å². The highest BCUT2D eigenvalue weighted by molar-refractivity contribution is 9.09. The van der Waals surface area contributed by atoms with E-state index in [0.29, 0.717) is 6.10 Å². The maximum Gasteiger partial charge on any atom is 0.0829 e. The van der Waals surface area contributed by atoms with E-state index >= 15 is 0 Å². The van der Waals surface area contributed by atoms with Gasteiger partial charge < -0.3 is 4.74 Å². The van der Waals surface area contributed by atoms with Gasteiger partial charge in [-0.3, -0.25) is 9.80 Å². The largest absolute Gasteiger partial charge is 0.374 e. The van der Waals surface area contributed by atoms with Gasteiger partial charge in [-0.25, -0.2) is 0 Å². The predicted octanol–water partition coefficient (Wildman–Crippen LogP) is 1.57. The molecule has 16 heavy (non-hydrogen) atoms. The molecule has 0 spiro atoms. The molecule has 3 nitrogen and oxygen atoms in total. The quantitative estimate of drug-likeness (QED) is 0.691. The third-order valence-corrected chi connectivity index (χ3v) is 3.90. The summed E-state index contributed by atoms with van der Waals surface area (Å²) in [6, 6.07) is 0.846. The van der Waals surface area contributed by atoms with Crippen molar-refractivity contribution < 1.29 is 4.74 Å². The average Bonchev–Trinajstić information content (AvgIpc) is 3.13. The van der Waals surface area contributed by atoms with Crippen molar-refractivity contribution in [2.24, 2.45) is 0 Å². The van der Waals surface area contributed by atoms with Crippen LogP contribution in [-0.4, -0.2) is 66.6 Å². The van der Waals surface area contributed by atoms with Gasteiger partial charge in [0.25, 0.3) is 0 Å². The highest BCUT2D eigenvalue weighted by Gasteiger charge is 2.31. The molecule has 2 aliphatic rings. The topological polar surface area (TPSA) is 15.7 Å². The average molecular weight is 291 g/mol. The molecule has 1 aliphatic carbocycles. The molecule has 1 saturated carbocycles. The Morgan fingerprint density at radius 3 is 2.88 bits per heavy atom. The van der Waals surface area contributed by atoms with Crippen molar-refractivity contribution >= 4 is 15.9 Å². The summed E-state index contributed by atoms with van der Waals surface area (Å²) >= 11 is 3.54. The van der Waals surface area contributed by atoms with Gasteiger partial charge in [0.05, 0.1) is 12.7 Å². The van der Waals surface area contributed by atoms with Gasteiger partial charge in [0.2, 0.25) is 0 Å². The molecular weight excluding hydrogens is 268 g/mol. The lowest BCUT2D eigenvalue weighted by molar-refractivity contribution is -0.0421.